The summed E-state index contributed by atoms with van der Waals surface area (Å²) in [5, 5.41) is 8.92. The maximum absolute atomic E-state index is 12.2. The summed E-state index contributed by atoms with van der Waals surface area (Å²) in [6, 6.07) is 7.26. The molecule has 1 heterocycles. The lowest BCUT2D eigenvalue weighted by atomic mass is 10.1. The molecule has 0 bridgehead atoms. The van der Waals surface area contributed by atoms with Gasteiger partial charge in [0, 0.05) is 0 Å². The second-order valence-electron chi connectivity index (χ2n) is 4.19. The largest absolute Gasteiger partial charge is 0.478 e. The molecule has 0 amide bonds. The van der Waals surface area contributed by atoms with E-state index in [0.717, 1.165) is 6.07 Å². The van der Waals surface area contributed by atoms with E-state index in [1.807, 2.05) is 0 Å². The number of hydrogen-bond donors (Lipinski definition) is 2. The van der Waals surface area contributed by atoms with Gasteiger partial charge in [-0.25, -0.2) is 17.9 Å². The number of furan rings is 1. The van der Waals surface area contributed by atoms with Gasteiger partial charge in [0.2, 0.25) is 10.0 Å². The molecule has 2 rings (SSSR count). The first-order chi connectivity index (χ1) is 9.40. The number of carboxylic acid groups (broad SMARTS) is 1. The molecule has 0 aliphatic rings. The van der Waals surface area contributed by atoms with Crippen LogP contribution < -0.4 is 4.72 Å². The van der Waals surface area contributed by atoms with E-state index in [4.69, 9.17) is 9.52 Å². The van der Waals surface area contributed by atoms with Crippen molar-refractivity contribution < 1.29 is 22.7 Å². The third-order valence-electron chi connectivity index (χ3n) is 2.74. The summed E-state index contributed by atoms with van der Waals surface area (Å²) >= 11 is 0. The van der Waals surface area contributed by atoms with Crippen LogP contribution in [0.2, 0.25) is 0 Å². The monoisotopic (exact) mass is 295 g/mol. The molecule has 0 unspecified atom stereocenters. The van der Waals surface area contributed by atoms with E-state index in [1.165, 1.54) is 18.4 Å². The molecule has 106 valence electrons. The zero-order valence-electron chi connectivity index (χ0n) is 10.7. The van der Waals surface area contributed by atoms with Crippen molar-refractivity contribution in [3.05, 3.63) is 53.5 Å². The Morgan fingerprint density at radius 1 is 1.35 bits per heavy atom. The number of benzene rings is 1. The predicted octanol–water partition coefficient (Wildman–Crippen LogP) is 1.76. The average Bonchev–Trinajstić information content (AvgIpc) is 2.89. The molecule has 20 heavy (non-hydrogen) atoms. The standard InChI is InChI=1S/C13H13NO5S/c1-9-4-5-10(13(15)16)7-12(9)20(17,18)14-8-11-3-2-6-19-11/h2-7,14H,8H2,1H3,(H,15,16). The summed E-state index contributed by atoms with van der Waals surface area (Å²) < 4.78 is 31.8. The molecule has 0 spiro atoms. The first kappa shape index (κ1) is 14.3. The van der Waals surface area contributed by atoms with Crippen LogP contribution in [0.1, 0.15) is 21.7 Å². The molecule has 1 aromatic heterocycles. The number of hydrogen-bond acceptors (Lipinski definition) is 4. The molecule has 0 fully saturated rings. The van der Waals surface area contributed by atoms with Crippen molar-refractivity contribution >= 4 is 16.0 Å². The van der Waals surface area contributed by atoms with E-state index in [0.29, 0.717) is 11.3 Å². The van der Waals surface area contributed by atoms with Gasteiger partial charge in [0.05, 0.1) is 23.3 Å². The molecule has 7 heteroatoms. The van der Waals surface area contributed by atoms with Gasteiger partial charge in [-0.15, -0.1) is 0 Å². The minimum atomic E-state index is -3.80. The van der Waals surface area contributed by atoms with E-state index >= 15 is 0 Å². The number of carbonyl (C=O) groups is 1. The smallest absolute Gasteiger partial charge is 0.335 e. The second-order valence-corrected chi connectivity index (χ2v) is 5.92. The molecule has 0 aliphatic carbocycles. The van der Waals surface area contributed by atoms with Crippen LogP contribution in [0.5, 0.6) is 0 Å². The zero-order chi connectivity index (χ0) is 14.8. The maximum atomic E-state index is 12.2. The number of sulfonamides is 1. The minimum Gasteiger partial charge on any atom is -0.478 e. The predicted molar refractivity (Wildman–Crippen MR) is 70.9 cm³/mol. The SMILES string of the molecule is Cc1ccc(C(=O)O)cc1S(=O)(=O)NCc1ccco1. The van der Waals surface area contributed by atoms with E-state index in [-0.39, 0.29) is 17.0 Å². The van der Waals surface area contributed by atoms with Crippen molar-refractivity contribution in [3.63, 3.8) is 0 Å². The fourth-order valence-corrected chi connectivity index (χ4v) is 2.94. The Bertz CT molecular complexity index is 719. The number of nitrogens with one attached hydrogen (secondary N) is 1. The van der Waals surface area contributed by atoms with Crippen LogP contribution in [0.3, 0.4) is 0 Å². The average molecular weight is 295 g/mol. The van der Waals surface area contributed by atoms with Crippen molar-refractivity contribution in [2.45, 2.75) is 18.4 Å². The molecule has 0 radical (unpaired) electrons. The van der Waals surface area contributed by atoms with Crippen LogP contribution in [0.25, 0.3) is 0 Å². The lowest BCUT2D eigenvalue weighted by Crippen LogP contribution is -2.24. The van der Waals surface area contributed by atoms with Gasteiger partial charge in [0.15, 0.2) is 0 Å². The van der Waals surface area contributed by atoms with Gasteiger partial charge in [-0.1, -0.05) is 6.07 Å². The van der Waals surface area contributed by atoms with Gasteiger partial charge in [0.25, 0.3) is 0 Å². The fourth-order valence-electron chi connectivity index (χ4n) is 1.68. The molecule has 0 atom stereocenters. The van der Waals surface area contributed by atoms with Crippen molar-refractivity contribution in [1.82, 2.24) is 4.72 Å². The Kier molecular flexibility index (Phi) is 3.91. The highest BCUT2D eigenvalue weighted by atomic mass is 32.2. The van der Waals surface area contributed by atoms with Gasteiger partial charge in [-0.05, 0) is 36.8 Å². The Balaban J connectivity index is 2.28. The van der Waals surface area contributed by atoms with Crippen LogP contribution in [0.4, 0.5) is 0 Å². The Morgan fingerprint density at radius 3 is 2.70 bits per heavy atom. The van der Waals surface area contributed by atoms with Crippen molar-refractivity contribution in [2.75, 3.05) is 0 Å². The molecular formula is C13H13NO5S. The number of aryl methyl sites for hydroxylation is 1. The Morgan fingerprint density at radius 2 is 2.10 bits per heavy atom. The van der Waals surface area contributed by atoms with E-state index in [9.17, 15) is 13.2 Å². The van der Waals surface area contributed by atoms with Gasteiger partial charge in [-0.3, -0.25) is 0 Å². The quantitative estimate of drug-likeness (QED) is 0.876. The van der Waals surface area contributed by atoms with Gasteiger partial charge < -0.3 is 9.52 Å². The third kappa shape index (κ3) is 3.06. The summed E-state index contributed by atoms with van der Waals surface area (Å²) in [6.45, 7) is 1.61. The minimum absolute atomic E-state index is 0.00602. The van der Waals surface area contributed by atoms with Crippen LogP contribution in [-0.4, -0.2) is 19.5 Å². The summed E-state index contributed by atoms with van der Waals surface area (Å²) in [5.74, 6) is -0.701. The molecular weight excluding hydrogens is 282 g/mol. The Hall–Kier alpha value is -2.12. The molecule has 0 saturated carbocycles. The summed E-state index contributed by atoms with van der Waals surface area (Å²) in [6.07, 6.45) is 1.44. The zero-order valence-corrected chi connectivity index (χ0v) is 11.5. The van der Waals surface area contributed by atoms with Crippen molar-refractivity contribution in [2.24, 2.45) is 0 Å². The fraction of sp³-hybridized carbons (Fsp3) is 0.154. The lowest BCUT2D eigenvalue weighted by molar-refractivity contribution is 0.0696. The van der Waals surface area contributed by atoms with Crippen LogP contribution >= 0.6 is 0 Å². The first-order valence-electron chi connectivity index (χ1n) is 5.76. The maximum Gasteiger partial charge on any atom is 0.335 e. The molecule has 0 aliphatic heterocycles. The highest BCUT2D eigenvalue weighted by Gasteiger charge is 2.19. The Labute approximate surface area is 116 Å². The van der Waals surface area contributed by atoms with Gasteiger partial charge >= 0.3 is 5.97 Å². The van der Waals surface area contributed by atoms with Crippen LogP contribution in [-0.2, 0) is 16.6 Å². The van der Waals surface area contributed by atoms with Gasteiger partial charge in [-0.2, -0.15) is 0 Å². The summed E-state index contributed by atoms with van der Waals surface area (Å²) in [7, 11) is -3.80. The normalized spacial score (nSPS) is 11.4. The van der Waals surface area contributed by atoms with E-state index in [1.54, 1.807) is 19.1 Å². The highest BCUT2D eigenvalue weighted by molar-refractivity contribution is 7.89. The number of rotatable bonds is 5. The summed E-state index contributed by atoms with van der Waals surface area (Å²) in [5.41, 5.74) is 0.399. The second kappa shape index (κ2) is 5.48. The third-order valence-corrected chi connectivity index (χ3v) is 4.28. The van der Waals surface area contributed by atoms with Crippen LogP contribution in [0.15, 0.2) is 45.9 Å². The number of carboxylic acids is 1. The lowest BCUT2D eigenvalue weighted by Gasteiger charge is -2.09. The molecule has 0 saturated heterocycles. The van der Waals surface area contributed by atoms with Crippen LogP contribution in [0, 0.1) is 6.92 Å². The van der Waals surface area contributed by atoms with E-state index in [2.05, 4.69) is 4.72 Å². The first-order valence-corrected chi connectivity index (χ1v) is 7.24. The van der Waals surface area contributed by atoms with Crippen molar-refractivity contribution in [3.8, 4) is 0 Å². The van der Waals surface area contributed by atoms with Gasteiger partial charge in [0.1, 0.15) is 5.76 Å². The molecule has 2 N–H and O–H groups in total. The molecule has 6 nitrogen and oxygen atoms in total. The summed E-state index contributed by atoms with van der Waals surface area (Å²) in [4.78, 5) is 10.9. The highest BCUT2D eigenvalue weighted by Crippen LogP contribution is 2.17. The molecule has 2 aromatic rings. The molecule has 1 aromatic carbocycles. The van der Waals surface area contributed by atoms with Crippen molar-refractivity contribution in [1.29, 1.82) is 0 Å². The van der Waals surface area contributed by atoms with E-state index < -0.39 is 16.0 Å². The topological polar surface area (TPSA) is 96.6 Å². The number of aromatic carboxylic acids is 1.